The van der Waals surface area contributed by atoms with Crippen LogP contribution in [-0.4, -0.2) is 25.7 Å². The average molecular weight is 453 g/mol. The number of sulfonamides is 1. The molecule has 0 bridgehead atoms. The van der Waals surface area contributed by atoms with Crippen LogP contribution in [0, 0.1) is 10.1 Å². The van der Waals surface area contributed by atoms with Gasteiger partial charge in [-0.05, 0) is 31.2 Å². The predicted octanol–water partition coefficient (Wildman–Crippen LogP) is 4.29. The van der Waals surface area contributed by atoms with Crippen LogP contribution in [0.25, 0.3) is 0 Å². The van der Waals surface area contributed by atoms with Crippen molar-refractivity contribution in [2.24, 2.45) is 5.10 Å². The van der Waals surface area contributed by atoms with Gasteiger partial charge in [-0.1, -0.05) is 34.8 Å². The van der Waals surface area contributed by atoms with Crippen molar-refractivity contribution in [1.29, 1.82) is 0 Å². The fourth-order valence-electron chi connectivity index (χ4n) is 1.78. The van der Waals surface area contributed by atoms with Crippen molar-refractivity contribution in [3.8, 4) is 5.75 Å². The molecule has 0 aliphatic carbocycles. The van der Waals surface area contributed by atoms with Crippen molar-refractivity contribution in [2.75, 3.05) is 6.61 Å². The van der Waals surface area contributed by atoms with Crippen molar-refractivity contribution in [2.45, 2.75) is 11.8 Å². The standard InChI is InChI=1S/C15H12Cl3N3O5S/c1-9(8-26-11-4-2-10(3-5-11)21(22)23)19-20-27(24,25)15-7-13(17)12(16)6-14(15)18/h2-7,20H,8H2,1H3/b19-9+. The summed E-state index contributed by atoms with van der Waals surface area (Å²) < 4.78 is 30.0. The van der Waals surface area contributed by atoms with Crippen LogP contribution in [0.5, 0.6) is 5.75 Å². The highest BCUT2D eigenvalue weighted by Gasteiger charge is 2.19. The number of halogens is 3. The first-order valence-electron chi connectivity index (χ1n) is 7.17. The number of ether oxygens (including phenoxy) is 1. The van der Waals surface area contributed by atoms with E-state index in [2.05, 4.69) is 5.10 Å². The van der Waals surface area contributed by atoms with Crippen LogP contribution < -0.4 is 9.57 Å². The fraction of sp³-hybridized carbons (Fsp3) is 0.133. The first kappa shape index (κ1) is 21.2. The molecule has 0 aliphatic heterocycles. The largest absolute Gasteiger partial charge is 0.488 e. The number of hydrogen-bond acceptors (Lipinski definition) is 6. The quantitative estimate of drug-likeness (QED) is 0.291. The summed E-state index contributed by atoms with van der Waals surface area (Å²) in [5.41, 5.74) is 0.229. The van der Waals surface area contributed by atoms with Gasteiger partial charge in [-0.25, -0.2) is 0 Å². The maximum absolute atomic E-state index is 12.3. The minimum atomic E-state index is -4.07. The van der Waals surface area contributed by atoms with Gasteiger partial charge in [-0.2, -0.15) is 18.4 Å². The topological polar surface area (TPSA) is 111 Å². The van der Waals surface area contributed by atoms with E-state index in [-0.39, 0.29) is 32.3 Å². The first-order valence-corrected chi connectivity index (χ1v) is 9.78. The number of nitro groups is 1. The summed E-state index contributed by atoms with van der Waals surface area (Å²) >= 11 is 17.5. The van der Waals surface area contributed by atoms with E-state index >= 15 is 0 Å². The van der Waals surface area contributed by atoms with Gasteiger partial charge < -0.3 is 4.74 Å². The molecule has 0 radical (unpaired) electrons. The number of non-ortho nitro benzene ring substituents is 1. The Hall–Kier alpha value is -2.07. The SMILES string of the molecule is C/C(COc1ccc([N+](=O)[O-])cc1)=N\NS(=O)(=O)c1cc(Cl)c(Cl)cc1Cl. The molecule has 0 fully saturated rings. The van der Waals surface area contributed by atoms with E-state index in [1.165, 1.54) is 37.3 Å². The molecule has 2 aromatic rings. The summed E-state index contributed by atoms with van der Waals surface area (Å²) in [6, 6.07) is 7.75. The minimum Gasteiger partial charge on any atom is -0.488 e. The maximum Gasteiger partial charge on any atom is 0.278 e. The number of rotatable bonds is 7. The zero-order chi connectivity index (χ0) is 20.2. The lowest BCUT2D eigenvalue weighted by Crippen LogP contribution is -2.22. The Bertz CT molecular complexity index is 995. The van der Waals surface area contributed by atoms with Crippen LogP contribution in [0.1, 0.15) is 6.92 Å². The molecule has 0 aromatic heterocycles. The molecule has 27 heavy (non-hydrogen) atoms. The molecule has 2 rings (SSSR count). The van der Waals surface area contributed by atoms with E-state index in [1.54, 1.807) is 0 Å². The van der Waals surface area contributed by atoms with Crippen molar-refractivity contribution in [3.63, 3.8) is 0 Å². The second kappa shape index (κ2) is 8.75. The predicted molar refractivity (Wildman–Crippen MR) is 103 cm³/mol. The Morgan fingerprint density at radius 1 is 1.15 bits per heavy atom. The van der Waals surface area contributed by atoms with Gasteiger partial charge in [0.15, 0.2) is 0 Å². The highest BCUT2D eigenvalue weighted by Crippen LogP contribution is 2.31. The van der Waals surface area contributed by atoms with Crippen LogP contribution in [0.3, 0.4) is 0 Å². The molecule has 0 aliphatic rings. The highest BCUT2D eigenvalue weighted by molar-refractivity contribution is 7.89. The van der Waals surface area contributed by atoms with Crippen LogP contribution >= 0.6 is 34.8 Å². The Labute approximate surface area is 169 Å². The van der Waals surface area contributed by atoms with E-state index in [0.717, 1.165) is 6.07 Å². The third-order valence-corrected chi connectivity index (χ3v) is 5.51. The Balaban J connectivity index is 2.04. The van der Waals surface area contributed by atoms with Gasteiger partial charge in [0.2, 0.25) is 0 Å². The molecule has 12 heteroatoms. The summed E-state index contributed by atoms with van der Waals surface area (Å²) in [6.07, 6.45) is 0. The summed E-state index contributed by atoms with van der Waals surface area (Å²) in [5, 5.41) is 14.4. The van der Waals surface area contributed by atoms with Gasteiger partial charge in [-0.3, -0.25) is 10.1 Å². The molecule has 0 saturated carbocycles. The van der Waals surface area contributed by atoms with Crippen molar-refractivity contribution >= 4 is 56.2 Å². The molecule has 0 unspecified atom stereocenters. The second-order valence-corrected chi connectivity index (χ2v) is 8.03. The molecular formula is C15H12Cl3N3O5S. The Morgan fingerprint density at radius 2 is 1.74 bits per heavy atom. The van der Waals surface area contributed by atoms with Gasteiger partial charge >= 0.3 is 0 Å². The number of nitrogens with one attached hydrogen (secondary N) is 1. The summed E-state index contributed by atoms with van der Waals surface area (Å²) in [5.74, 6) is 0.366. The number of benzene rings is 2. The molecule has 0 amide bonds. The minimum absolute atomic E-state index is 0.0312. The number of hydrogen-bond donors (Lipinski definition) is 1. The first-order chi connectivity index (χ1) is 12.6. The zero-order valence-corrected chi connectivity index (χ0v) is 16.7. The third-order valence-electron chi connectivity index (χ3n) is 3.12. The molecule has 1 N–H and O–H groups in total. The lowest BCUT2D eigenvalue weighted by molar-refractivity contribution is -0.384. The third kappa shape index (κ3) is 5.70. The van der Waals surface area contributed by atoms with E-state index in [4.69, 9.17) is 39.5 Å². The molecule has 8 nitrogen and oxygen atoms in total. The smallest absolute Gasteiger partial charge is 0.278 e. The normalized spacial score (nSPS) is 11.9. The van der Waals surface area contributed by atoms with Gasteiger partial charge in [0.05, 0.1) is 25.7 Å². The van der Waals surface area contributed by atoms with Gasteiger partial charge in [0.25, 0.3) is 15.7 Å². The van der Waals surface area contributed by atoms with Crippen LogP contribution in [0.15, 0.2) is 46.4 Å². The monoisotopic (exact) mass is 451 g/mol. The number of nitrogens with zero attached hydrogens (tertiary/aromatic N) is 2. The van der Waals surface area contributed by atoms with Gasteiger partial charge in [-0.15, -0.1) is 0 Å². The van der Waals surface area contributed by atoms with E-state index in [1.807, 2.05) is 4.83 Å². The van der Waals surface area contributed by atoms with Crippen molar-refractivity contribution in [1.82, 2.24) is 4.83 Å². The Morgan fingerprint density at radius 3 is 2.33 bits per heavy atom. The van der Waals surface area contributed by atoms with Crippen LogP contribution in [0.2, 0.25) is 15.1 Å². The molecule has 0 spiro atoms. The average Bonchev–Trinajstić information content (AvgIpc) is 2.61. The molecule has 144 valence electrons. The van der Waals surface area contributed by atoms with E-state index in [0.29, 0.717) is 11.5 Å². The molecule has 0 heterocycles. The number of nitro benzene ring substituents is 1. The summed E-state index contributed by atoms with van der Waals surface area (Å²) in [6.45, 7) is 1.49. The Kier molecular flexibility index (Phi) is 6.88. The molecule has 2 aromatic carbocycles. The van der Waals surface area contributed by atoms with Gasteiger partial charge in [0.1, 0.15) is 17.3 Å². The molecule has 0 saturated heterocycles. The van der Waals surface area contributed by atoms with E-state index in [9.17, 15) is 18.5 Å². The number of hydrazone groups is 1. The van der Waals surface area contributed by atoms with Crippen molar-refractivity contribution < 1.29 is 18.1 Å². The van der Waals surface area contributed by atoms with Crippen molar-refractivity contribution in [3.05, 3.63) is 61.6 Å². The summed E-state index contributed by atoms with van der Waals surface area (Å²) in [4.78, 5) is 11.8. The molecule has 0 atom stereocenters. The van der Waals surface area contributed by atoms with Gasteiger partial charge in [0, 0.05) is 12.1 Å². The second-order valence-electron chi connectivity index (χ2n) is 5.18. The van der Waals surface area contributed by atoms with Crippen LogP contribution in [0.4, 0.5) is 5.69 Å². The fourth-order valence-corrected chi connectivity index (χ4v) is 3.66. The highest BCUT2D eigenvalue weighted by atomic mass is 35.5. The maximum atomic E-state index is 12.3. The lowest BCUT2D eigenvalue weighted by atomic mass is 10.3. The zero-order valence-electron chi connectivity index (χ0n) is 13.6. The molecular weight excluding hydrogens is 441 g/mol. The van der Waals surface area contributed by atoms with E-state index < -0.39 is 14.9 Å². The summed E-state index contributed by atoms with van der Waals surface area (Å²) in [7, 11) is -4.07. The lowest BCUT2D eigenvalue weighted by Gasteiger charge is -2.09. The van der Waals surface area contributed by atoms with Crippen LogP contribution in [-0.2, 0) is 10.0 Å².